The lowest BCUT2D eigenvalue weighted by Gasteiger charge is -2.31. The molecule has 0 radical (unpaired) electrons. The third-order valence-electron chi connectivity index (χ3n) is 4.70. The summed E-state index contributed by atoms with van der Waals surface area (Å²) in [5.74, 6) is -0.281. The highest BCUT2D eigenvalue weighted by Crippen LogP contribution is 2.28. The van der Waals surface area contributed by atoms with Crippen LogP contribution in [0.3, 0.4) is 0 Å². The van der Waals surface area contributed by atoms with Crippen molar-refractivity contribution in [3.63, 3.8) is 0 Å². The molecule has 0 bridgehead atoms. The van der Waals surface area contributed by atoms with Gasteiger partial charge in [-0.2, -0.15) is 0 Å². The number of nitrogens with zero attached hydrogens (tertiary/aromatic N) is 1. The number of rotatable bonds is 4. The molecule has 6 nitrogen and oxygen atoms in total. The van der Waals surface area contributed by atoms with Gasteiger partial charge in [0.05, 0.1) is 6.10 Å². The van der Waals surface area contributed by atoms with Crippen LogP contribution in [-0.4, -0.2) is 51.8 Å². The van der Waals surface area contributed by atoms with E-state index in [0.717, 1.165) is 31.6 Å². The lowest BCUT2D eigenvalue weighted by atomic mass is 9.83. The zero-order valence-corrected chi connectivity index (χ0v) is 12.6. The average molecular weight is 298 g/mol. The van der Waals surface area contributed by atoms with E-state index in [2.05, 4.69) is 12.2 Å². The van der Waals surface area contributed by atoms with Crippen LogP contribution in [0.4, 0.5) is 4.79 Å². The molecule has 6 heteroatoms. The summed E-state index contributed by atoms with van der Waals surface area (Å²) in [5, 5.41) is 21.6. The second-order valence-corrected chi connectivity index (χ2v) is 6.35. The first kappa shape index (κ1) is 16.1. The Bertz CT molecular complexity index is 380. The molecule has 1 aliphatic carbocycles. The van der Waals surface area contributed by atoms with E-state index in [-0.39, 0.29) is 25.0 Å². The minimum absolute atomic E-state index is 0.105. The summed E-state index contributed by atoms with van der Waals surface area (Å²) >= 11 is 0. The van der Waals surface area contributed by atoms with E-state index >= 15 is 0 Å². The third-order valence-corrected chi connectivity index (χ3v) is 4.70. The van der Waals surface area contributed by atoms with Crippen molar-refractivity contribution in [2.75, 3.05) is 6.54 Å². The van der Waals surface area contributed by atoms with Crippen LogP contribution in [0.5, 0.6) is 0 Å². The summed E-state index contributed by atoms with van der Waals surface area (Å²) in [5.41, 5.74) is 0. The van der Waals surface area contributed by atoms with Crippen LogP contribution >= 0.6 is 0 Å². The average Bonchev–Trinajstić information content (AvgIpc) is 2.84. The molecular weight excluding hydrogens is 272 g/mol. The van der Waals surface area contributed by atoms with Gasteiger partial charge in [-0.1, -0.05) is 19.8 Å². The Kier molecular flexibility index (Phi) is 5.45. The van der Waals surface area contributed by atoms with Crippen LogP contribution in [0, 0.1) is 5.92 Å². The van der Waals surface area contributed by atoms with E-state index in [4.69, 9.17) is 5.11 Å². The maximum absolute atomic E-state index is 12.2. The van der Waals surface area contributed by atoms with Gasteiger partial charge in [-0.3, -0.25) is 0 Å². The SMILES string of the molecule is CCCC1CCC(NC(=O)N2C[C@H](O)C[C@@H]2C(=O)O)CC1. The van der Waals surface area contributed by atoms with E-state index < -0.39 is 18.1 Å². The number of nitrogens with one attached hydrogen (secondary N) is 1. The fourth-order valence-electron chi connectivity index (χ4n) is 3.53. The molecule has 120 valence electrons. The molecule has 0 aromatic rings. The molecule has 1 heterocycles. The van der Waals surface area contributed by atoms with Crippen molar-refractivity contribution in [1.29, 1.82) is 0 Å². The fourth-order valence-corrected chi connectivity index (χ4v) is 3.53. The zero-order chi connectivity index (χ0) is 15.4. The lowest BCUT2D eigenvalue weighted by molar-refractivity contribution is -0.141. The normalized spacial score (nSPS) is 33.0. The molecule has 1 saturated carbocycles. The molecule has 2 aliphatic rings. The number of β-amino-alcohol motifs (C(OH)–C–C–N with tert-alkyl or cyclic N) is 1. The number of aliphatic hydroxyl groups is 1. The number of hydrogen-bond donors (Lipinski definition) is 3. The van der Waals surface area contributed by atoms with Gasteiger partial charge in [-0.15, -0.1) is 0 Å². The number of carbonyl (C=O) groups is 2. The van der Waals surface area contributed by atoms with Gasteiger partial charge in [-0.05, 0) is 31.6 Å². The van der Waals surface area contributed by atoms with Crippen LogP contribution in [0.15, 0.2) is 0 Å². The number of carboxylic acids is 1. The van der Waals surface area contributed by atoms with Gasteiger partial charge in [-0.25, -0.2) is 9.59 Å². The van der Waals surface area contributed by atoms with Gasteiger partial charge in [0, 0.05) is 19.0 Å². The highest BCUT2D eigenvalue weighted by molar-refractivity contribution is 5.83. The Labute approximate surface area is 125 Å². The molecule has 0 spiro atoms. The van der Waals surface area contributed by atoms with E-state index in [1.807, 2.05) is 0 Å². The number of hydrogen-bond acceptors (Lipinski definition) is 3. The van der Waals surface area contributed by atoms with Crippen LogP contribution in [0.1, 0.15) is 51.9 Å². The standard InChI is InChI=1S/C15H26N2O4/c1-2-3-10-4-6-11(7-5-10)16-15(21)17-9-12(18)8-13(17)14(19)20/h10-13,18H,2-9H2,1H3,(H,16,21)(H,19,20)/t10?,11?,12-,13-/m1/s1. The van der Waals surface area contributed by atoms with Gasteiger partial charge in [0.15, 0.2) is 0 Å². The van der Waals surface area contributed by atoms with E-state index in [1.54, 1.807) is 0 Å². The zero-order valence-electron chi connectivity index (χ0n) is 12.6. The second-order valence-electron chi connectivity index (χ2n) is 6.35. The van der Waals surface area contributed by atoms with Crippen molar-refractivity contribution in [2.45, 2.75) is 70.1 Å². The van der Waals surface area contributed by atoms with Crippen molar-refractivity contribution in [3.8, 4) is 0 Å². The minimum Gasteiger partial charge on any atom is -0.480 e. The molecule has 21 heavy (non-hydrogen) atoms. The summed E-state index contributed by atoms with van der Waals surface area (Å²) in [4.78, 5) is 24.6. The lowest BCUT2D eigenvalue weighted by Crippen LogP contribution is -2.50. The van der Waals surface area contributed by atoms with Crippen molar-refractivity contribution >= 4 is 12.0 Å². The topological polar surface area (TPSA) is 89.9 Å². The number of urea groups is 1. The summed E-state index contributed by atoms with van der Waals surface area (Å²) in [6.45, 7) is 2.30. The van der Waals surface area contributed by atoms with Crippen LogP contribution in [0.2, 0.25) is 0 Å². The van der Waals surface area contributed by atoms with Gasteiger partial charge < -0.3 is 20.4 Å². The molecule has 0 aromatic heterocycles. The first-order valence-electron chi connectivity index (χ1n) is 7.99. The Morgan fingerprint density at radius 1 is 1.24 bits per heavy atom. The Hall–Kier alpha value is -1.30. The number of carboxylic acid groups (broad SMARTS) is 1. The predicted molar refractivity (Wildman–Crippen MR) is 77.9 cm³/mol. The molecule has 2 atom stereocenters. The maximum Gasteiger partial charge on any atom is 0.326 e. The summed E-state index contributed by atoms with van der Waals surface area (Å²) in [6.07, 6.45) is 6.01. The number of aliphatic hydroxyl groups excluding tert-OH is 1. The second kappa shape index (κ2) is 7.11. The summed E-state index contributed by atoms with van der Waals surface area (Å²) in [7, 11) is 0. The first-order chi connectivity index (χ1) is 10.0. The molecule has 2 fully saturated rings. The minimum atomic E-state index is -1.05. The monoisotopic (exact) mass is 298 g/mol. The Balaban J connectivity index is 1.83. The Morgan fingerprint density at radius 3 is 2.48 bits per heavy atom. The largest absolute Gasteiger partial charge is 0.480 e. The molecular formula is C15H26N2O4. The van der Waals surface area contributed by atoms with E-state index in [1.165, 1.54) is 17.7 Å². The highest BCUT2D eigenvalue weighted by atomic mass is 16.4. The van der Waals surface area contributed by atoms with Crippen molar-refractivity contribution in [1.82, 2.24) is 10.2 Å². The van der Waals surface area contributed by atoms with Gasteiger partial charge >= 0.3 is 12.0 Å². The summed E-state index contributed by atoms with van der Waals surface area (Å²) < 4.78 is 0. The van der Waals surface area contributed by atoms with E-state index in [9.17, 15) is 14.7 Å². The van der Waals surface area contributed by atoms with Crippen LogP contribution in [0.25, 0.3) is 0 Å². The third kappa shape index (κ3) is 4.09. The molecule has 2 amide bonds. The van der Waals surface area contributed by atoms with Crippen LogP contribution in [-0.2, 0) is 4.79 Å². The van der Waals surface area contributed by atoms with Gasteiger partial charge in [0.2, 0.25) is 0 Å². The van der Waals surface area contributed by atoms with Crippen molar-refractivity contribution in [3.05, 3.63) is 0 Å². The molecule has 0 unspecified atom stereocenters. The van der Waals surface area contributed by atoms with Crippen molar-refractivity contribution < 1.29 is 19.8 Å². The van der Waals surface area contributed by atoms with Crippen molar-refractivity contribution in [2.24, 2.45) is 5.92 Å². The van der Waals surface area contributed by atoms with Gasteiger partial charge in [0.1, 0.15) is 6.04 Å². The highest BCUT2D eigenvalue weighted by Gasteiger charge is 2.39. The smallest absolute Gasteiger partial charge is 0.326 e. The molecule has 1 aliphatic heterocycles. The summed E-state index contributed by atoms with van der Waals surface area (Å²) in [6, 6.07) is -1.12. The van der Waals surface area contributed by atoms with Gasteiger partial charge in [0.25, 0.3) is 0 Å². The molecule has 3 N–H and O–H groups in total. The molecule has 2 rings (SSSR count). The number of likely N-dealkylation sites (tertiary alicyclic amines) is 1. The number of amides is 2. The predicted octanol–water partition coefficient (Wildman–Crippen LogP) is 1.57. The molecule has 0 aromatic carbocycles. The molecule has 1 saturated heterocycles. The number of aliphatic carboxylic acids is 1. The maximum atomic E-state index is 12.2. The first-order valence-corrected chi connectivity index (χ1v) is 7.99. The van der Waals surface area contributed by atoms with Crippen LogP contribution < -0.4 is 5.32 Å². The fraction of sp³-hybridized carbons (Fsp3) is 0.867. The van der Waals surface area contributed by atoms with E-state index in [0.29, 0.717) is 0 Å². The number of carbonyl (C=O) groups excluding carboxylic acids is 1. The quantitative estimate of drug-likeness (QED) is 0.735. The Morgan fingerprint density at radius 2 is 1.90 bits per heavy atom.